The first kappa shape index (κ1) is 16.9. The molecule has 0 radical (unpaired) electrons. The van der Waals surface area contributed by atoms with E-state index in [4.69, 9.17) is 4.74 Å². The SMILES string of the molecule is CC(C)(C)OC(=O)Nc1nc(C(=O)O)c(-c2cccc(F)c2)s1. The van der Waals surface area contributed by atoms with Crippen LogP contribution in [-0.2, 0) is 4.74 Å². The number of rotatable bonds is 3. The molecule has 2 aromatic rings. The summed E-state index contributed by atoms with van der Waals surface area (Å²) in [4.78, 5) is 27.2. The van der Waals surface area contributed by atoms with Crippen LogP contribution in [0.4, 0.5) is 14.3 Å². The summed E-state index contributed by atoms with van der Waals surface area (Å²) in [5.41, 5.74) is -0.577. The summed E-state index contributed by atoms with van der Waals surface area (Å²) < 4.78 is 18.4. The Kier molecular flexibility index (Phi) is 4.65. The quantitative estimate of drug-likeness (QED) is 0.883. The van der Waals surface area contributed by atoms with E-state index in [2.05, 4.69) is 10.3 Å². The number of amides is 1. The lowest BCUT2D eigenvalue weighted by molar-refractivity contribution is 0.0632. The van der Waals surface area contributed by atoms with Crippen LogP contribution in [0.2, 0.25) is 0 Å². The normalized spacial score (nSPS) is 11.1. The highest BCUT2D eigenvalue weighted by molar-refractivity contribution is 7.19. The van der Waals surface area contributed by atoms with E-state index in [9.17, 15) is 19.1 Å². The Balaban J connectivity index is 2.32. The summed E-state index contributed by atoms with van der Waals surface area (Å²) in [6.45, 7) is 5.11. The molecule has 0 spiro atoms. The number of thiazole rings is 1. The molecule has 0 fully saturated rings. The van der Waals surface area contributed by atoms with E-state index < -0.39 is 23.5 Å². The molecule has 122 valence electrons. The van der Waals surface area contributed by atoms with Gasteiger partial charge in [-0.05, 0) is 38.5 Å². The topological polar surface area (TPSA) is 88.5 Å². The predicted octanol–water partition coefficient (Wildman–Crippen LogP) is 3.99. The molecule has 2 N–H and O–H groups in total. The van der Waals surface area contributed by atoms with Crippen LogP contribution in [0.3, 0.4) is 0 Å². The number of ether oxygens (including phenoxy) is 1. The average Bonchev–Trinajstić information content (AvgIpc) is 2.80. The number of carboxylic acid groups (broad SMARTS) is 1. The van der Waals surface area contributed by atoms with Crippen molar-refractivity contribution in [1.82, 2.24) is 4.98 Å². The van der Waals surface area contributed by atoms with Crippen LogP contribution in [0.15, 0.2) is 24.3 Å². The van der Waals surface area contributed by atoms with Crippen molar-refractivity contribution in [3.63, 3.8) is 0 Å². The Labute approximate surface area is 135 Å². The molecule has 0 aliphatic rings. The fraction of sp³-hybridized carbons (Fsp3) is 0.267. The van der Waals surface area contributed by atoms with E-state index in [1.807, 2.05) is 0 Å². The molecule has 0 aliphatic heterocycles. The number of hydrogen-bond acceptors (Lipinski definition) is 5. The number of halogens is 1. The van der Waals surface area contributed by atoms with E-state index in [1.165, 1.54) is 18.2 Å². The second-order valence-corrected chi connectivity index (χ2v) is 6.64. The van der Waals surface area contributed by atoms with Crippen LogP contribution in [-0.4, -0.2) is 27.8 Å². The number of anilines is 1. The Morgan fingerprint density at radius 1 is 1.35 bits per heavy atom. The van der Waals surface area contributed by atoms with Crippen LogP contribution in [0.5, 0.6) is 0 Å². The molecule has 8 heteroatoms. The minimum absolute atomic E-state index is 0.0657. The molecular weight excluding hydrogens is 323 g/mol. The molecule has 0 bridgehead atoms. The van der Waals surface area contributed by atoms with Gasteiger partial charge >= 0.3 is 12.1 Å². The van der Waals surface area contributed by atoms with Crippen molar-refractivity contribution in [2.45, 2.75) is 26.4 Å². The van der Waals surface area contributed by atoms with Crippen LogP contribution >= 0.6 is 11.3 Å². The highest BCUT2D eigenvalue weighted by Gasteiger charge is 2.22. The zero-order chi connectivity index (χ0) is 17.2. The highest BCUT2D eigenvalue weighted by atomic mass is 32.1. The highest BCUT2D eigenvalue weighted by Crippen LogP contribution is 2.33. The van der Waals surface area contributed by atoms with E-state index in [1.54, 1.807) is 26.8 Å². The molecule has 6 nitrogen and oxygen atoms in total. The number of aromatic nitrogens is 1. The lowest BCUT2D eigenvalue weighted by Gasteiger charge is -2.18. The van der Waals surface area contributed by atoms with Crippen molar-refractivity contribution in [3.8, 4) is 10.4 Å². The average molecular weight is 338 g/mol. The summed E-state index contributed by atoms with van der Waals surface area (Å²) in [7, 11) is 0. The second kappa shape index (κ2) is 6.33. The van der Waals surface area contributed by atoms with Crippen molar-refractivity contribution in [1.29, 1.82) is 0 Å². The van der Waals surface area contributed by atoms with Crippen LogP contribution in [0, 0.1) is 5.82 Å². The molecule has 1 aromatic carbocycles. The smallest absolute Gasteiger partial charge is 0.413 e. The molecule has 1 amide bonds. The summed E-state index contributed by atoms with van der Waals surface area (Å²) in [6, 6.07) is 5.50. The number of carbonyl (C=O) groups is 2. The van der Waals surface area contributed by atoms with Gasteiger partial charge < -0.3 is 9.84 Å². The summed E-state index contributed by atoms with van der Waals surface area (Å²) in [6.07, 6.45) is -0.742. The van der Waals surface area contributed by atoms with Gasteiger partial charge in [-0.3, -0.25) is 5.32 Å². The van der Waals surface area contributed by atoms with Gasteiger partial charge in [0.25, 0.3) is 0 Å². The van der Waals surface area contributed by atoms with Gasteiger partial charge in [-0.15, -0.1) is 0 Å². The maximum atomic E-state index is 13.3. The zero-order valence-electron chi connectivity index (χ0n) is 12.7. The number of nitrogens with one attached hydrogen (secondary N) is 1. The van der Waals surface area contributed by atoms with Crippen molar-refractivity contribution in [2.24, 2.45) is 0 Å². The van der Waals surface area contributed by atoms with Gasteiger partial charge in [-0.1, -0.05) is 23.5 Å². The van der Waals surface area contributed by atoms with Gasteiger partial charge in [0.2, 0.25) is 0 Å². The first-order chi connectivity index (χ1) is 10.7. The number of carbonyl (C=O) groups excluding carboxylic acids is 1. The molecule has 0 unspecified atom stereocenters. The standard InChI is InChI=1S/C15H15FN2O4S/c1-15(2,3)22-14(21)18-13-17-10(12(19)20)11(23-13)8-5-4-6-9(16)7-8/h4-7H,1-3H3,(H,19,20)(H,17,18,21). The third kappa shape index (κ3) is 4.49. The minimum atomic E-state index is -1.27. The second-order valence-electron chi connectivity index (χ2n) is 5.64. The third-order valence-electron chi connectivity index (χ3n) is 2.52. The van der Waals surface area contributed by atoms with Crippen LogP contribution in [0.25, 0.3) is 10.4 Å². The van der Waals surface area contributed by atoms with E-state index in [0.29, 0.717) is 5.56 Å². The summed E-state index contributed by atoms with van der Waals surface area (Å²) in [5.74, 6) is -1.76. The molecule has 1 aromatic heterocycles. The number of carboxylic acids is 1. The number of nitrogens with zero attached hydrogens (tertiary/aromatic N) is 1. The lowest BCUT2D eigenvalue weighted by atomic mass is 10.1. The first-order valence-corrected chi connectivity index (χ1v) is 7.47. The first-order valence-electron chi connectivity index (χ1n) is 6.66. The Hall–Kier alpha value is -2.48. The molecule has 0 saturated carbocycles. The predicted molar refractivity (Wildman–Crippen MR) is 84.3 cm³/mol. The van der Waals surface area contributed by atoms with Gasteiger partial charge in [0.15, 0.2) is 10.8 Å². The van der Waals surface area contributed by atoms with Crippen molar-refractivity contribution in [2.75, 3.05) is 5.32 Å². The van der Waals surface area contributed by atoms with Crippen LogP contribution < -0.4 is 5.32 Å². The fourth-order valence-electron chi connectivity index (χ4n) is 1.73. The van der Waals surface area contributed by atoms with Crippen molar-refractivity contribution >= 4 is 28.5 Å². The Morgan fingerprint density at radius 2 is 2.04 bits per heavy atom. The number of aromatic carboxylic acids is 1. The molecule has 0 atom stereocenters. The van der Waals surface area contributed by atoms with Gasteiger partial charge in [0.1, 0.15) is 11.4 Å². The minimum Gasteiger partial charge on any atom is -0.476 e. The zero-order valence-corrected chi connectivity index (χ0v) is 13.5. The third-order valence-corrected chi connectivity index (χ3v) is 3.54. The van der Waals surface area contributed by atoms with Gasteiger partial charge in [-0.25, -0.2) is 19.0 Å². The van der Waals surface area contributed by atoms with E-state index >= 15 is 0 Å². The molecular formula is C15H15FN2O4S. The van der Waals surface area contributed by atoms with E-state index in [-0.39, 0.29) is 15.7 Å². The maximum Gasteiger partial charge on any atom is 0.413 e. The monoisotopic (exact) mass is 338 g/mol. The van der Waals surface area contributed by atoms with E-state index in [0.717, 1.165) is 11.3 Å². The Bertz CT molecular complexity index is 752. The molecule has 0 aliphatic carbocycles. The lowest BCUT2D eigenvalue weighted by Crippen LogP contribution is -2.27. The number of hydrogen-bond donors (Lipinski definition) is 2. The van der Waals surface area contributed by atoms with Gasteiger partial charge in [0.05, 0.1) is 4.88 Å². The molecule has 0 saturated heterocycles. The van der Waals surface area contributed by atoms with Crippen LogP contribution in [0.1, 0.15) is 31.3 Å². The molecule has 2 rings (SSSR count). The number of benzene rings is 1. The fourth-order valence-corrected chi connectivity index (χ4v) is 2.67. The maximum absolute atomic E-state index is 13.3. The van der Waals surface area contributed by atoms with Crippen molar-refractivity contribution < 1.29 is 23.8 Å². The van der Waals surface area contributed by atoms with Crippen molar-refractivity contribution in [3.05, 3.63) is 35.8 Å². The largest absolute Gasteiger partial charge is 0.476 e. The Morgan fingerprint density at radius 3 is 2.61 bits per heavy atom. The summed E-state index contributed by atoms with van der Waals surface area (Å²) in [5, 5.41) is 11.7. The molecule has 23 heavy (non-hydrogen) atoms. The van der Waals surface area contributed by atoms with Gasteiger partial charge in [0, 0.05) is 0 Å². The van der Waals surface area contributed by atoms with Gasteiger partial charge in [-0.2, -0.15) is 0 Å². The molecule has 1 heterocycles. The summed E-state index contributed by atoms with van der Waals surface area (Å²) >= 11 is 0.933.